The number of hydrogen-bond acceptors (Lipinski definition) is 6. The maximum Gasteiger partial charge on any atom is 0.251 e. The van der Waals surface area contributed by atoms with Gasteiger partial charge in [0.2, 0.25) is 5.88 Å². The van der Waals surface area contributed by atoms with Gasteiger partial charge in [0.25, 0.3) is 5.91 Å². The highest BCUT2D eigenvalue weighted by Crippen LogP contribution is 2.36. The Morgan fingerprint density at radius 1 is 1.26 bits per heavy atom. The number of hydrogen-bond donors (Lipinski definition) is 3. The van der Waals surface area contributed by atoms with E-state index in [1.54, 1.807) is 30.5 Å². The summed E-state index contributed by atoms with van der Waals surface area (Å²) in [6.45, 7) is 3.87. The molecule has 0 aliphatic heterocycles. The lowest BCUT2D eigenvalue weighted by Crippen LogP contribution is -2.54. The van der Waals surface area contributed by atoms with Gasteiger partial charge in [-0.25, -0.2) is 9.37 Å². The molecule has 3 N–H and O–H groups in total. The van der Waals surface area contributed by atoms with Crippen molar-refractivity contribution < 1.29 is 23.8 Å². The topological polar surface area (TPSA) is 109 Å². The van der Waals surface area contributed by atoms with Crippen LogP contribution in [0.5, 0.6) is 11.6 Å². The van der Waals surface area contributed by atoms with Crippen LogP contribution in [0.1, 0.15) is 55.5 Å². The number of methoxy groups -OCH3 is 1. The molecule has 2 heterocycles. The second-order valence-corrected chi connectivity index (χ2v) is 10.5. The fourth-order valence-electron chi connectivity index (χ4n) is 5.44. The Kier molecular flexibility index (Phi) is 7.52. The number of rotatable bonds is 8. The Labute approximate surface area is 226 Å². The minimum Gasteiger partial charge on any atom is -0.496 e. The number of halogens is 1. The summed E-state index contributed by atoms with van der Waals surface area (Å²) in [5, 5.41) is 22.0. The van der Waals surface area contributed by atoms with Crippen molar-refractivity contribution in [1.82, 2.24) is 20.5 Å². The number of aromatic nitrogens is 3. The molecule has 1 saturated carbocycles. The van der Waals surface area contributed by atoms with Crippen LogP contribution in [-0.2, 0) is 6.42 Å². The van der Waals surface area contributed by atoms with E-state index in [4.69, 9.17) is 9.47 Å². The van der Waals surface area contributed by atoms with Crippen molar-refractivity contribution in [2.24, 2.45) is 0 Å². The third-order valence-electron chi connectivity index (χ3n) is 7.20. The van der Waals surface area contributed by atoms with Crippen molar-refractivity contribution in [3.05, 3.63) is 71.7 Å². The number of carbonyl (C=O) groups is 1. The highest BCUT2D eigenvalue weighted by Gasteiger charge is 2.39. The summed E-state index contributed by atoms with van der Waals surface area (Å²) in [4.78, 5) is 17.9. The van der Waals surface area contributed by atoms with Gasteiger partial charge in [-0.15, -0.1) is 0 Å². The molecule has 0 bridgehead atoms. The number of aliphatic hydroxyl groups is 1. The first-order valence-electron chi connectivity index (χ1n) is 13.2. The van der Waals surface area contributed by atoms with Gasteiger partial charge in [-0.05, 0) is 75.9 Å². The molecule has 0 unspecified atom stereocenters. The summed E-state index contributed by atoms with van der Waals surface area (Å²) in [5.41, 5.74) is 2.27. The molecule has 2 aromatic heterocycles. The lowest BCUT2D eigenvalue weighted by molar-refractivity contribution is 0.0601. The molecule has 1 aliphatic carbocycles. The van der Waals surface area contributed by atoms with E-state index in [1.165, 1.54) is 13.2 Å². The van der Waals surface area contributed by atoms with Crippen molar-refractivity contribution in [3.8, 4) is 22.9 Å². The maximum atomic E-state index is 14.9. The zero-order chi connectivity index (χ0) is 27.6. The van der Waals surface area contributed by atoms with Gasteiger partial charge in [-0.2, -0.15) is 5.10 Å². The van der Waals surface area contributed by atoms with Gasteiger partial charge in [0, 0.05) is 46.3 Å². The fraction of sp³-hybridized carbons (Fsp3) is 0.367. The number of benzene rings is 2. The van der Waals surface area contributed by atoms with Crippen LogP contribution in [-0.4, -0.2) is 51.1 Å². The number of H-pyrrole nitrogens is 1. The molecule has 9 heteroatoms. The van der Waals surface area contributed by atoms with Crippen LogP contribution >= 0.6 is 0 Å². The Hall–Kier alpha value is -3.98. The minimum atomic E-state index is -0.827. The smallest absolute Gasteiger partial charge is 0.251 e. The number of pyridine rings is 1. The van der Waals surface area contributed by atoms with E-state index in [9.17, 15) is 14.3 Å². The molecule has 5 rings (SSSR count). The Bertz CT molecular complexity index is 1490. The van der Waals surface area contributed by atoms with Gasteiger partial charge in [0.15, 0.2) is 0 Å². The van der Waals surface area contributed by atoms with Crippen molar-refractivity contribution in [1.29, 1.82) is 0 Å². The largest absolute Gasteiger partial charge is 0.496 e. The molecule has 0 spiro atoms. The van der Waals surface area contributed by atoms with E-state index in [-0.39, 0.29) is 18.4 Å². The monoisotopic (exact) mass is 532 g/mol. The van der Waals surface area contributed by atoms with Gasteiger partial charge >= 0.3 is 0 Å². The van der Waals surface area contributed by atoms with Crippen LogP contribution in [0.3, 0.4) is 0 Å². The average Bonchev–Trinajstić information content (AvgIpc) is 3.33. The first-order chi connectivity index (χ1) is 18.8. The number of fused-ring (bicyclic) bond motifs is 1. The van der Waals surface area contributed by atoms with Crippen LogP contribution in [0.2, 0.25) is 0 Å². The molecule has 1 fully saturated rings. The molecular formula is C30H33FN4O4. The quantitative estimate of drug-likeness (QED) is 0.288. The molecule has 0 radical (unpaired) electrons. The number of nitrogens with zero attached hydrogens (tertiary/aromatic N) is 2. The molecule has 2 atom stereocenters. The molecule has 8 nitrogen and oxygen atoms in total. The maximum absolute atomic E-state index is 14.9. The zero-order valence-corrected chi connectivity index (χ0v) is 22.3. The van der Waals surface area contributed by atoms with E-state index in [1.807, 2.05) is 32.0 Å². The van der Waals surface area contributed by atoms with Crippen molar-refractivity contribution in [2.75, 3.05) is 7.11 Å². The molecule has 204 valence electrons. The molecule has 1 aliphatic rings. The second-order valence-electron chi connectivity index (χ2n) is 10.5. The standard InChI is InChI=1S/C30H33FN4O4/c1-18(2)39-27-15-19(11-13-32-27)28-22-14-20(9-10-25(22)34-35-28)29(37)33-30(12-5-6-21(36)16-30)17-23-24(31)7-4-8-26(23)38-3/h4,7-11,13-15,18,21,36H,5-6,12,16-17H2,1-3H3,(H,33,37)(H,34,35)/t21-,30-/m0/s1. The lowest BCUT2D eigenvalue weighted by atomic mass is 9.75. The van der Waals surface area contributed by atoms with Crippen LogP contribution in [0.4, 0.5) is 4.39 Å². The Balaban J connectivity index is 1.46. The van der Waals surface area contributed by atoms with Crippen molar-refractivity contribution in [2.45, 2.75) is 63.7 Å². The molecule has 39 heavy (non-hydrogen) atoms. The van der Waals surface area contributed by atoms with E-state index < -0.39 is 17.5 Å². The summed E-state index contributed by atoms with van der Waals surface area (Å²) >= 11 is 0. The molecular weight excluding hydrogens is 499 g/mol. The average molecular weight is 533 g/mol. The Morgan fingerprint density at radius 3 is 2.87 bits per heavy atom. The predicted molar refractivity (Wildman–Crippen MR) is 146 cm³/mol. The molecule has 4 aromatic rings. The summed E-state index contributed by atoms with van der Waals surface area (Å²) in [6.07, 6.45) is 3.56. The lowest BCUT2D eigenvalue weighted by Gasteiger charge is -2.40. The first kappa shape index (κ1) is 26.6. The minimum absolute atomic E-state index is 0.0195. The van der Waals surface area contributed by atoms with E-state index in [0.717, 1.165) is 16.5 Å². The number of aromatic amines is 1. The highest BCUT2D eigenvalue weighted by molar-refractivity contribution is 6.01. The predicted octanol–water partition coefficient (Wildman–Crippen LogP) is 5.21. The van der Waals surface area contributed by atoms with Crippen LogP contribution < -0.4 is 14.8 Å². The summed E-state index contributed by atoms with van der Waals surface area (Å²) in [6, 6.07) is 13.7. The third-order valence-corrected chi connectivity index (χ3v) is 7.20. The van der Waals surface area contributed by atoms with Crippen LogP contribution in [0.15, 0.2) is 54.7 Å². The summed E-state index contributed by atoms with van der Waals surface area (Å²) < 4.78 is 26.0. The Morgan fingerprint density at radius 2 is 2.10 bits per heavy atom. The number of carbonyl (C=O) groups excluding carboxylic acids is 1. The van der Waals surface area contributed by atoms with Gasteiger partial charge in [-0.3, -0.25) is 9.89 Å². The number of aliphatic hydroxyl groups excluding tert-OH is 1. The number of amides is 1. The van der Waals surface area contributed by atoms with Gasteiger partial charge < -0.3 is 19.9 Å². The second kappa shape index (κ2) is 11.0. The first-order valence-corrected chi connectivity index (χ1v) is 13.2. The SMILES string of the molecule is COc1cccc(F)c1C[C@]1(NC(=O)c2ccc3[nH]nc(-c4ccnc(OC(C)C)c4)c3c2)CCC[C@H](O)C1. The van der Waals surface area contributed by atoms with Gasteiger partial charge in [-0.1, -0.05) is 6.07 Å². The molecule has 2 aromatic carbocycles. The molecule has 1 amide bonds. The summed E-state index contributed by atoms with van der Waals surface area (Å²) in [5.74, 6) is 0.220. The van der Waals surface area contributed by atoms with E-state index in [2.05, 4.69) is 20.5 Å². The van der Waals surface area contributed by atoms with E-state index in [0.29, 0.717) is 54.1 Å². The highest BCUT2D eigenvalue weighted by atomic mass is 19.1. The fourth-order valence-corrected chi connectivity index (χ4v) is 5.44. The third kappa shape index (κ3) is 5.73. The summed E-state index contributed by atoms with van der Waals surface area (Å²) in [7, 11) is 1.50. The van der Waals surface area contributed by atoms with Gasteiger partial charge in [0.05, 0.1) is 24.8 Å². The van der Waals surface area contributed by atoms with Crippen LogP contribution in [0, 0.1) is 5.82 Å². The van der Waals surface area contributed by atoms with Crippen LogP contribution in [0.25, 0.3) is 22.2 Å². The number of ether oxygens (including phenoxy) is 2. The van der Waals surface area contributed by atoms with E-state index >= 15 is 0 Å². The van der Waals surface area contributed by atoms with Crippen molar-refractivity contribution in [3.63, 3.8) is 0 Å². The van der Waals surface area contributed by atoms with Gasteiger partial charge in [0.1, 0.15) is 17.3 Å². The molecule has 0 saturated heterocycles. The number of nitrogens with one attached hydrogen (secondary N) is 2. The zero-order valence-electron chi connectivity index (χ0n) is 22.3. The van der Waals surface area contributed by atoms with Crippen molar-refractivity contribution >= 4 is 16.8 Å². The normalized spacial score (nSPS) is 19.3.